The molecule has 1 fully saturated rings. The zero-order valence-corrected chi connectivity index (χ0v) is 10.9. The van der Waals surface area contributed by atoms with Gasteiger partial charge in [-0.15, -0.1) is 0 Å². The van der Waals surface area contributed by atoms with Gasteiger partial charge in [-0.1, -0.05) is 26.2 Å². The second-order valence-corrected chi connectivity index (χ2v) is 5.13. The molecule has 0 aliphatic heterocycles. The zero-order chi connectivity index (χ0) is 13.6. The van der Waals surface area contributed by atoms with Crippen molar-refractivity contribution in [1.82, 2.24) is 4.90 Å². The van der Waals surface area contributed by atoms with Gasteiger partial charge in [0.2, 0.25) is 0 Å². The lowest BCUT2D eigenvalue weighted by Gasteiger charge is -2.26. The van der Waals surface area contributed by atoms with E-state index in [2.05, 4.69) is 0 Å². The molecule has 0 spiro atoms. The van der Waals surface area contributed by atoms with Gasteiger partial charge in [-0.3, -0.25) is 9.69 Å². The minimum absolute atomic E-state index is 0.00704. The van der Waals surface area contributed by atoms with Gasteiger partial charge >= 0.3 is 6.18 Å². The minimum Gasteiger partial charge on any atom is -0.298 e. The number of alkyl halides is 3. The average molecular weight is 265 g/mol. The van der Waals surface area contributed by atoms with Gasteiger partial charge in [0.1, 0.15) is 5.78 Å². The van der Waals surface area contributed by atoms with Gasteiger partial charge in [0.15, 0.2) is 0 Å². The predicted molar refractivity (Wildman–Crippen MR) is 64.4 cm³/mol. The molecule has 0 aromatic rings. The third-order valence-electron chi connectivity index (χ3n) is 3.38. The Morgan fingerprint density at radius 1 is 1.22 bits per heavy atom. The number of carbonyl (C=O) groups excluding carboxylic acids is 1. The van der Waals surface area contributed by atoms with E-state index in [1.54, 1.807) is 0 Å². The molecular weight excluding hydrogens is 243 g/mol. The number of hydrogen-bond donors (Lipinski definition) is 0. The molecule has 1 saturated carbocycles. The van der Waals surface area contributed by atoms with Gasteiger partial charge in [0, 0.05) is 5.92 Å². The highest BCUT2D eigenvalue weighted by molar-refractivity contribution is 5.83. The molecule has 18 heavy (non-hydrogen) atoms. The fraction of sp³-hybridized carbons (Fsp3) is 0.923. The fourth-order valence-electron chi connectivity index (χ4n) is 2.56. The molecule has 0 saturated heterocycles. The summed E-state index contributed by atoms with van der Waals surface area (Å²) in [5.41, 5.74) is 0. The van der Waals surface area contributed by atoms with Crippen molar-refractivity contribution in [3.05, 3.63) is 0 Å². The van der Waals surface area contributed by atoms with Crippen LogP contribution in [0.2, 0.25) is 0 Å². The summed E-state index contributed by atoms with van der Waals surface area (Å²) < 4.78 is 37.1. The molecule has 5 heteroatoms. The first-order valence-electron chi connectivity index (χ1n) is 6.74. The lowest BCUT2D eigenvalue weighted by molar-refractivity contribution is -0.149. The van der Waals surface area contributed by atoms with E-state index < -0.39 is 12.7 Å². The van der Waals surface area contributed by atoms with E-state index in [1.807, 2.05) is 6.92 Å². The first-order chi connectivity index (χ1) is 8.42. The van der Waals surface area contributed by atoms with Crippen LogP contribution in [0.3, 0.4) is 0 Å². The fourth-order valence-corrected chi connectivity index (χ4v) is 2.56. The summed E-state index contributed by atoms with van der Waals surface area (Å²) in [4.78, 5) is 13.2. The second kappa shape index (κ2) is 7.12. The standard InChI is InChI=1S/C13H22F3NO/c1-2-8-17(10-13(14,15)16)9-12(18)11-6-4-3-5-7-11/h11H,2-10H2,1H3. The Hall–Kier alpha value is -0.580. The van der Waals surface area contributed by atoms with Crippen molar-refractivity contribution in [3.63, 3.8) is 0 Å². The Balaban J connectivity index is 2.46. The van der Waals surface area contributed by atoms with Crippen LogP contribution >= 0.6 is 0 Å². The second-order valence-electron chi connectivity index (χ2n) is 5.13. The summed E-state index contributed by atoms with van der Waals surface area (Å²) in [6, 6.07) is 0. The van der Waals surface area contributed by atoms with Crippen molar-refractivity contribution in [1.29, 1.82) is 0 Å². The predicted octanol–water partition coefficient (Wildman–Crippen LogP) is 3.41. The van der Waals surface area contributed by atoms with Gasteiger partial charge in [-0.2, -0.15) is 13.2 Å². The molecule has 0 aromatic heterocycles. The maximum atomic E-state index is 12.4. The quantitative estimate of drug-likeness (QED) is 0.733. The molecule has 0 N–H and O–H groups in total. The molecule has 1 aliphatic rings. The molecule has 0 bridgehead atoms. The monoisotopic (exact) mass is 265 g/mol. The van der Waals surface area contributed by atoms with Gasteiger partial charge in [0.05, 0.1) is 13.1 Å². The Bertz CT molecular complexity index is 259. The number of halogens is 3. The van der Waals surface area contributed by atoms with Gasteiger partial charge < -0.3 is 0 Å². The van der Waals surface area contributed by atoms with E-state index in [0.29, 0.717) is 13.0 Å². The maximum Gasteiger partial charge on any atom is 0.401 e. The third kappa shape index (κ3) is 5.85. The number of ketones is 1. The molecule has 2 nitrogen and oxygen atoms in total. The van der Waals surface area contributed by atoms with Crippen LogP contribution in [0.4, 0.5) is 13.2 Å². The van der Waals surface area contributed by atoms with E-state index >= 15 is 0 Å². The van der Waals surface area contributed by atoms with Crippen LogP contribution in [-0.2, 0) is 4.79 Å². The van der Waals surface area contributed by atoms with E-state index in [4.69, 9.17) is 0 Å². The molecule has 0 atom stereocenters. The van der Waals surface area contributed by atoms with Crippen molar-refractivity contribution in [3.8, 4) is 0 Å². The average Bonchev–Trinajstić information content (AvgIpc) is 2.28. The number of hydrogen-bond acceptors (Lipinski definition) is 2. The first-order valence-corrected chi connectivity index (χ1v) is 6.74. The summed E-state index contributed by atoms with van der Waals surface area (Å²) in [5.74, 6) is -0.0151. The third-order valence-corrected chi connectivity index (χ3v) is 3.38. The van der Waals surface area contributed by atoms with Crippen LogP contribution in [0.5, 0.6) is 0 Å². The van der Waals surface area contributed by atoms with E-state index in [-0.39, 0.29) is 18.2 Å². The Morgan fingerprint density at radius 2 is 1.83 bits per heavy atom. The smallest absolute Gasteiger partial charge is 0.298 e. The SMILES string of the molecule is CCCN(CC(=O)C1CCCCC1)CC(F)(F)F. The highest BCUT2D eigenvalue weighted by Gasteiger charge is 2.32. The molecule has 1 aliphatic carbocycles. The number of Topliss-reactive ketones (excluding diaryl/α,β-unsaturated/α-hetero) is 1. The highest BCUT2D eigenvalue weighted by Crippen LogP contribution is 2.25. The van der Waals surface area contributed by atoms with Crippen LogP contribution < -0.4 is 0 Å². The molecule has 0 aromatic carbocycles. The largest absolute Gasteiger partial charge is 0.401 e. The van der Waals surface area contributed by atoms with Crippen molar-refractivity contribution < 1.29 is 18.0 Å². The van der Waals surface area contributed by atoms with E-state index in [9.17, 15) is 18.0 Å². The Morgan fingerprint density at radius 3 is 2.33 bits per heavy atom. The minimum atomic E-state index is -4.22. The molecule has 0 unspecified atom stereocenters. The molecule has 0 amide bonds. The molecule has 1 rings (SSSR count). The van der Waals surface area contributed by atoms with Gasteiger partial charge in [-0.25, -0.2) is 0 Å². The lowest BCUT2D eigenvalue weighted by atomic mass is 9.86. The zero-order valence-electron chi connectivity index (χ0n) is 10.9. The lowest BCUT2D eigenvalue weighted by Crippen LogP contribution is -2.40. The van der Waals surface area contributed by atoms with Gasteiger partial charge in [0.25, 0.3) is 0 Å². The van der Waals surface area contributed by atoms with E-state index in [0.717, 1.165) is 32.1 Å². The maximum absolute atomic E-state index is 12.4. The summed E-state index contributed by atoms with van der Waals surface area (Å²) in [6.45, 7) is 1.14. The van der Waals surface area contributed by atoms with Crippen LogP contribution in [0.1, 0.15) is 45.4 Å². The van der Waals surface area contributed by atoms with Crippen molar-refractivity contribution in [2.75, 3.05) is 19.6 Å². The molecular formula is C13H22F3NO. The topological polar surface area (TPSA) is 20.3 Å². The number of nitrogens with zero attached hydrogens (tertiary/aromatic N) is 1. The van der Waals surface area contributed by atoms with Gasteiger partial charge in [-0.05, 0) is 25.8 Å². The summed E-state index contributed by atoms with van der Waals surface area (Å²) in [7, 11) is 0. The first kappa shape index (κ1) is 15.5. The Labute approximate surface area is 107 Å². The molecule has 0 heterocycles. The van der Waals surface area contributed by atoms with E-state index in [1.165, 1.54) is 4.90 Å². The summed E-state index contributed by atoms with van der Waals surface area (Å²) in [5, 5.41) is 0. The summed E-state index contributed by atoms with van der Waals surface area (Å²) >= 11 is 0. The van der Waals surface area contributed by atoms with Crippen molar-refractivity contribution in [2.45, 2.75) is 51.6 Å². The highest BCUT2D eigenvalue weighted by atomic mass is 19.4. The molecule has 106 valence electrons. The Kier molecular flexibility index (Phi) is 6.12. The van der Waals surface area contributed by atoms with Crippen LogP contribution in [0.25, 0.3) is 0 Å². The normalized spacial score (nSPS) is 18.3. The van der Waals surface area contributed by atoms with Crippen LogP contribution in [-0.4, -0.2) is 36.5 Å². The van der Waals surface area contributed by atoms with Crippen molar-refractivity contribution in [2.24, 2.45) is 5.92 Å². The van der Waals surface area contributed by atoms with Crippen LogP contribution in [0.15, 0.2) is 0 Å². The number of rotatable bonds is 6. The molecule has 0 radical (unpaired) electrons. The number of carbonyl (C=O) groups is 1. The van der Waals surface area contributed by atoms with Crippen LogP contribution in [0, 0.1) is 5.92 Å². The summed E-state index contributed by atoms with van der Waals surface area (Å²) in [6.07, 6.45) is 1.32. The van der Waals surface area contributed by atoms with Crippen molar-refractivity contribution >= 4 is 5.78 Å².